The standard InChI is InChI=1S/C13H17Br2NO2/c1-8-13(17,18-7-12(2,3)16-8)9-4-5-10(14)11(15)6-9/h4-6,8,16-17H,7H2,1-3H3. The van der Waals surface area contributed by atoms with E-state index in [2.05, 4.69) is 51.0 Å². The van der Waals surface area contributed by atoms with Crippen molar-refractivity contribution in [3.05, 3.63) is 32.7 Å². The van der Waals surface area contributed by atoms with Crippen LogP contribution in [0.15, 0.2) is 27.1 Å². The molecule has 1 aliphatic rings. The second-order valence-corrected chi connectivity index (χ2v) is 7.07. The van der Waals surface area contributed by atoms with Gasteiger partial charge in [0, 0.05) is 20.0 Å². The van der Waals surface area contributed by atoms with E-state index in [1.807, 2.05) is 25.1 Å². The first-order valence-corrected chi connectivity index (χ1v) is 7.43. The summed E-state index contributed by atoms with van der Waals surface area (Å²) in [6.45, 7) is 6.50. The molecular formula is C13H17Br2NO2. The van der Waals surface area contributed by atoms with Gasteiger partial charge in [0.15, 0.2) is 0 Å². The number of hydrogen-bond donors (Lipinski definition) is 2. The number of hydrogen-bond acceptors (Lipinski definition) is 3. The second kappa shape index (κ2) is 4.87. The molecule has 2 N–H and O–H groups in total. The van der Waals surface area contributed by atoms with E-state index in [-0.39, 0.29) is 11.6 Å². The molecular weight excluding hydrogens is 362 g/mol. The first kappa shape index (κ1) is 14.5. The zero-order valence-electron chi connectivity index (χ0n) is 10.6. The predicted octanol–water partition coefficient (Wildman–Crippen LogP) is 3.14. The fraction of sp³-hybridized carbons (Fsp3) is 0.538. The Morgan fingerprint density at radius 3 is 2.56 bits per heavy atom. The van der Waals surface area contributed by atoms with Crippen molar-refractivity contribution in [2.75, 3.05) is 6.61 Å². The van der Waals surface area contributed by atoms with Crippen LogP contribution in [0.25, 0.3) is 0 Å². The van der Waals surface area contributed by atoms with Crippen LogP contribution in [0.2, 0.25) is 0 Å². The van der Waals surface area contributed by atoms with Crippen LogP contribution in [-0.4, -0.2) is 23.3 Å². The van der Waals surface area contributed by atoms with Crippen LogP contribution in [0.5, 0.6) is 0 Å². The van der Waals surface area contributed by atoms with Crippen molar-refractivity contribution in [2.45, 2.75) is 38.1 Å². The zero-order chi connectivity index (χ0) is 13.6. The molecule has 0 aromatic heterocycles. The van der Waals surface area contributed by atoms with Crippen molar-refractivity contribution >= 4 is 31.9 Å². The topological polar surface area (TPSA) is 41.5 Å². The Kier molecular flexibility index (Phi) is 3.91. The molecule has 0 spiro atoms. The number of ether oxygens (including phenoxy) is 1. The molecule has 1 fully saturated rings. The minimum atomic E-state index is -1.29. The largest absolute Gasteiger partial charge is 0.361 e. The SMILES string of the molecule is CC1NC(C)(C)COC1(O)c1ccc(Br)c(Br)c1. The van der Waals surface area contributed by atoms with Gasteiger partial charge in [-0.2, -0.15) is 0 Å². The van der Waals surface area contributed by atoms with Gasteiger partial charge >= 0.3 is 0 Å². The van der Waals surface area contributed by atoms with E-state index in [4.69, 9.17) is 4.74 Å². The van der Waals surface area contributed by atoms with Crippen LogP contribution in [0, 0.1) is 0 Å². The summed E-state index contributed by atoms with van der Waals surface area (Å²) in [5.74, 6) is -1.29. The molecule has 1 aromatic carbocycles. The van der Waals surface area contributed by atoms with Crippen molar-refractivity contribution in [3.8, 4) is 0 Å². The average molecular weight is 379 g/mol. The average Bonchev–Trinajstić information content (AvgIpc) is 2.27. The van der Waals surface area contributed by atoms with Gasteiger partial charge in [-0.05, 0) is 64.8 Å². The highest BCUT2D eigenvalue weighted by Crippen LogP contribution is 2.35. The quantitative estimate of drug-likeness (QED) is 0.788. The van der Waals surface area contributed by atoms with E-state index in [1.165, 1.54) is 0 Å². The van der Waals surface area contributed by atoms with Gasteiger partial charge in [0.05, 0.1) is 12.6 Å². The van der Waals surface area contributed by atoms with Crippen molar-refractivity contribution in [2.24, 2.45) is 0 Å². The highest BCUT2D eigenvalue weighted by molar-refractivity contribution is 9.13. The molecule has 2 unspecified atom stereocenters. The fourth-order valence-corrected chi connectivity index (χ4v) is 2.82. The van der Waals surface area contributed by atoms with Crippen LogP contribution in [0.4, 0.5) is 0 Å². The van der Waals surface area contributed by atoms with Gasteiger partial charge in [-0.1, -0.05) is 6.07 Å². The molecule has 0 amide bonds. The zero-order valence-corrected chi connectivity index (χ0v) is 13.8. The number of halogens is 2. The second-order valence-electron chi connectivity index (χ2n) is 5.36. The number of morpholine rings is 1. The summed E-state index contributed by atoms with van der Waals surface area (Å²) in [7, 11) is 0. The van der Waals surface area contributed by atoms with Crippen LogP contribution < -0.4 is 5.32 Å². The molecule has 1 aromatic rings. The lowest BCUT2D eigenvalue weighted by atomic mass is 9.93. The first-order chi connectivity index (χ1) is 8.24. The maximum Gasteiger partial charge on any atom is 0.208 e. The van der Waals surface area contributed by atoms with Gasteiger partial charge in [0.2, 0.25) is 5.79 Å². The molecule has 2 atom stereocenters. The molecule has 5 heteroatoms. The Hall–Kier alpha value is 0.0600. The third-order valence-electron chi connectivity index (χ3n) is 3.18. The number of benzene rings is 1. The Morgan fingerprint density at radius 2 is 2.00 bits per heavy atom. The summed E-state index contributed by atoms with van der Waals surface area (Å²) in [4.78, 5) is 0. The summed E-state index contributed by atoms with van der Waals surface area (Å²) in [6.07, 6.45) is 0. The Morgan fingerprint density at radius 1 is 1.33 bits per heavy atom. The lowest BCUT2D eigenvalue weighted by Gasteiger charge is -2.46. The summed E-state index contributed by atoms with van der Waals surface area (Å²) in [5.41, 5.74) is 0.617. The number of nitrogens with one attached hydrogen (secondary N) is 1. The predicted molar refractivity (Wildman–Crippen MR) is 78.4 cm³/mol. The highest BCUT2D eigenvalue weighted by atomic mass is 79.9. The van der Waals surface area contributed by atoms with E-state index in [9.17, 15) is 5.11 Å². The van der Waals surface area contributed by atoms with Gasteiger partial charge in [0.25, 0.3) is 0 Å². The van der Waals surface area contributed by atoms with Gasteiger partial charge in [0.1, 0.15) is 0 Å². The van der Waals surface area contributed by atoms with Crippen molar-refractivity contribution < 1.29 is 9.84 Å². The van der Waals surface area contributed by atoms with Crippen LogP contribution in [0.1, 0.15) is 26.3 Å². The van der Waals surface area contributed by atoms with Crippen LogP contribution >= 0.6 is 31.9 Å². The summed E-state index contributed by atoms with van der Waals surface area (Å²) >= 11 is 6.86. The summed E-state index contributed by atoms with van der Waals surface area (Å²) in [6, 6.07) is 5.45. The molecule has 18 heavy (non-hydrogen) atoms. The minimum absolute atomic E-state index is 0.127. The van der Waals surface area contributed by atoms with E-state index >= 15 is 0 Å². The lowest BCUT2D eigenvalue weighted by molar-refractivity contribution is -0.263. The van der Waals surface area contributed by atoms with Gasteiger partial charge in [-0.15, -0.1) is 0 Å². The Labute approximate surface area is 124 Å². The molecule has 0 radical (unpaired) electrons. The van der Waals surface area contributed by atoms with Gasteiger partial charge < -0.3 is 15.2 Å². The number of aliphatic hydroxyl groups is 1. The minimum Gasteiger partial charge on any atom is -0.361 e. The number of rotatable bonds is 1. The van der Waals surface area contributed by atoms with Crippen molar-refractivity contribution in [1.82, 2.24) is 5.32 Å². The molecule has 0 aliphatic carbocycles. The van der Waals surface area contributed by atoms with Gasteiger partial charge in [-0.3, -0.25) is 0 Å². The monoisotopic (exact) mass is 377 g/mol. The smallest absolute Gasteiger partial charge is 0.208 e. The maximum atomic E-state index is 10.7. The van der Waals surface area contributed by atoms with Crippen LogP contribution in [-0.2, 0) is 10.5 Å². The normalized spacial score (nSPS) is 31.3. The van der Waals surface area contributed by atoms with Crippen LogP contribution in [0.3, 0.4) is 0 Å². The molecule has 1 aliphatic heterocycles. The third kappa shape index (κ3) is 2.65. The summed E-state index contributed by atoms with van der Waals surface area (Å²) in [5, 5.41) is 14.1. The molecule has 100 valence electrons. The Balaban J connectivity index is 2.34. The molecule has 1 saturated heterocycles. The molecule has 3 nitrogen and oxygen atoms in total. The van der Waals surface area contributed by atoms with Gasteiger partial charge in [-0.25, -0.2) is 0 Å². The fourth-order valence-electron chi connectivity index (χ4n) is 2.19. The summed E-state index contributed by atoms with van der Waals surface area (Å²) < 4.78 is 7.58. The highest BCUT2D eigenvalue weighted by Gasteiger charge is 2.44. The maximum absolute atomic E-state index is 10.7. The third-order valence-corrected chi connectivity index (χ3v) is 5.06. The van der Waals surface area contributed by atoms with E-state index < -0.39 is 5.79 Å². The molecule has 0 saturated carbocycles. The molecule has 2 rings (SSSR count). The van der Waals surface area contributed by atoms with Crippen molar-refractivity contribution in [1.29, 1.82) is 0 Å². The van der Waals surface area contributed by atoms with Crippen molar-refractivity contribution in [3.63, 3.8) is 0 Å². The first-order valence-electron chi connectivity index (χ1n) is 5.84. The Bertz CT molecular complexity index is 464. The van der Waals surface area contributed by atoms with E-state index in [0.29, 0.717) is 6.61 Å². The van der Waals surface area contributed by atoms with E-state index in [1.54, 1.807) is 0 Å². The molecule has 0 bridgehead atoms. The van der Waals surface area contributed by atoms with E-state index in [0.717, 1.165) is 14.5 Å². The lowest BCUT2D eigenvalue weighted by Crippen LogP contribution is -2.63. The molecule has 1 heterocycles.